The average Bonchev–Trinajstić information content (AvgIpc) is 2.68. The second kappa shape index (κ2) is 8.95. The van der Waals surface area contributed by atoms with Gasteiger partial charge in [0, 0.05) is 49.4 Å². The van der Waals surface area contributed by atoms with E-state index in [1.54, 1.807) is 12.3 Å². The Balaban J connectivity index is 0.00000240. The molecule has 1 N–H and O–H groups in total. The molecule has 0 aliphatic carbocycles. The third kappa shape index (κ3) is 4.15. The third-order valence-corrected chi connectivity index (χ3v) is 5.51. The van der Waals surface area contributed by atoms with E-state index in [1.807, 2.05) is 37.1 Å². The molecule has 0 radical (unpaired) electrons. The molecule has 2 atom stereocenters. The van der Waals surface area contributed by atoms with E-state index in [9.17, 15) is 10.1 Å². The number of hydrogen-bond acceptors (Lipinski definition) is 6. The molecule has 8 heteroatoms. The number of amides is 1. The van der Waals surface area contributed by atoms with Crippen LogP contribution in [0.1, 0.15) is 12.5 Å². The van der Waals surface area contributed by atoms with E-state index >= 15 is 0 Å². The monoisotopic (exact) mass is 415 g/mol. The first-order valence-electron chi connectivity index (χ1n) is 9.72. The Morgan fingerprint density at radius 3 is 2.83 bits per heavy atom. The van der Waals surface area contributed by atoms with E-state index in [2.05, 4.69) is 21.3 Å². The van der Waals surface area contributed by atoms with Crippen LogP contribution in [-0.4, -0.2) is 67.8 Å². The second-order valence-electron chi connectivity index (χ2n) is 7.65. The van der Waals surface area contributed by atoms with Gasteiger partial charge < -0.3 is 19.9 Å². The summed E-state index contributed by atoms with van der Waals surface area (Å²) in [5, 5.41) is 13.5. The van der Waals surface area contributed by atoms with Crippen LogP contribution in [0.25, 0.3) is 10.9 Å². The summed E-state index contributed by atoms with van der Waals surface area (Å²) in [6, 6.07) is 9.82. The van der Waals surface area contributed by atoms with Gasteiger partial charge >= 0.3 is 0 Å². The number of carbonyl (C=O) groups excluding carboxylic acids is 1. The molecule has 2 fully saturated rings. The van der Waals surface area contributed by atoms with Crippen LogP contribution in [-0.2, 0) is 9.53 Å². The van der Waals surface area contributed by atoms with Crippen molar-refractivity contribution in [1.29, 1.82) is 5.26 Å². The van der Waals surface area contributed by atoms with E-state index in [-0.39, 0.29) is 24.4 Å². The van der Waals surface area contributed by atoms with Crippen molar-refractivity contribution >= 4 is 34.9 Å². The SMILES string of the molecule is CNCC1CN(C(=O)[C@H]2CN(c3ccc(C#N)c4ncccc34)C[C@@H](C)O2)C1.Cl. The number of fused-ring (bicyclic) bond motifs is 1. The number of nitriles is 1. The van der Waals surface area contributed by atoms with Crippen LogP contribution in [0, 0.1) is 17.2 Å². The number of likely N-dealkylation sites (tertiary alicyclic amines) is 1. The highest BCUT2D eigenvalue weighted by atomic mass is 35.5. The molecule has 29 heavy (non-hydrogen) atoms. The zero-order chi connectivity index (χ0) is 19.7. The van der Waals surface area contributed by atoms with Crippen molar-refractivity contribution in [3.8, 4) is 6.07 Å². The molecule has 3 heterocycles. The molecule has 0 spiro atoms. The molecule has 1 amide bonds. The largest absolute Gasteiger partial charge is 0.365 e. The number of halogens is 1. The van der Waals surface area contributed by atoms with Gasteiger partial charge in [-0.1, -0.05) is 0 Å². The maximum Gasteiger partial charge on any atom is 0.253 e. The number of hydrogen-bond donors (Lipinski definition) is 1. The molecular weight excluding hydrogens is 390 g/mol. The average molecular weight is 416 g/mol. The van der Waals surface area contributed by atoms with Gasteiger partial charge in [-0.05, 0) is 38.2 Å². The lowest BCUT2D eigenvalue weighted by atomic mass is 9.99. The molecule has 4 rings (SSSR count). The van der Waals surface area contributed by atoms with Crippen LogP contribution < -0.4 is 10.2 Å². The van der Waals surface area contributed by atoms with Gasteiger partial charge in [-0.25, -0.2) is 0 Å². The molecule has 1 aromatic heterocycles. The molecule has 2 aromatic rings. The molecule has 2 aliphatic heterocycles. The summed E-state index contributed by atoms with van der Waals surface area (Å²) >= 11 is 0. The number of ether oxygens (including phenoxy) is 1. The van der Waals surface area contributed by atoms with E-state index in [4.69, 9.17) is 4.74 Å². The highest BCUT2D eigenvalue weighted by Crippen LogP contribution is 2.31. The Labute approximate surface area is 177 Å². The minimum Gasteiger partial charge on any atom is -0.365 e. The first-order valence-corrected chi connectivity index (χ1v) is 9.72. The van der Waals surface area contributed by atoms with Crippen molar-refractivity contribution in [2.75, 3.05) is 44.7 Å². The van der Waals surface area contributed by atoms with Crippen LogP contribution in [0.3, 0.4) is 0 Å². The summed E-state index contributed by atoms with van der Waals surface area (Å²) < 4.78 is 5.99. The van der Waals surface area contributed by atoms with Crippen LogP contribution >= 0.6 is 12.4 Å². The summed E-state index contributed by atoms with van der Waals surface area (Å²) in [7, 11) is 1.94. The van der Waals surface area contributed by atoms with Crippen LogP contribution in [0.15, 0.2) is 30.5 Å². The highest BCUT2D eigenvalue weighted by molar-refractivity contribution is 5.95. The lowest BCUT2D eigenvalue weighted by Gasteiger charge is -2.44. The molecule has 0 unspecified atom stereocenters. The van der Waals surface area contributed by atoms with Crippen molar-refractivity contribution in [2.45, 2.75) is 19.1 Å². The quantitative estimate of drug-likeness (QED) is 0.820. The smallest absolute Gasteiger partial charge is 0.253 e. The molecule has 2 aliphatic rings. The van der Waals surface area contributed by atoms with Gasteiger partial charge in [0.2, 0.25) is 0 Å². The number of pyridine rings is 1. The Bertz CT molecular complexity index is 925. The topological polar surface area (TPSA) is 81.5 Å². The zero-order valence-corrected chi connectivity index (χ0v) is 17.5. The van der Waals surface area contributed by atoms with E-state index in [0.29, 0.717) is 30.1 Å². The van der Waals surface area contributed by atoms with Crippen LogP contribution in [0.2, 0.25) is 0 Å². The predicted octanol–water partition coefficient (Wildman–Crippen LogP) is 1.80. The summed E-state index contributed by atoms with van der Waals surface area (Å²) in [6.45, 7) is 5.71. The van der Waals surface area contributed by atoms with Gasteiger partial charge in [0.25, 0.3) is 5.91 Å². The van der Waals surface area contributed by atoms with E-state index < -0.39 is 6.10 Å². The molecule has 0 bridgehead atoms. The molecule has 0 saturated carbocycles. The van der Waals surface area contributed by atoms with Crippen molar-refractivity contribution in [3.05, 3.63) is 36.0 Å². The van der Waals surface area contributed by atoms with Gasteiger partial charge in [0.15, 0.2) is 6.10 Å². The van der Waals surface area contributed by atoms with E-state index in [0.717, 1.165) is 30.7 Å². The van der Waals surface area contributed by atoms with E-state index in [1.165, 1.54) is 0 Å². The second-order valence-corrected chi connectivity index (χ2v) is 7.65. The van der Waals surface area contributed by atoms with Crippen molar-refractivity contribution in [1.82, 2.24) is 15.2 Å². The summed E-state index contributed by atoms with van der Waals surface area (Å²) in [4.78, 5) is 21.4. The minimum atomic E-state index is -0.471. The molecule has 7 nitrogen and oxygen atoms in total. The Kier molecular flexibility index (Phi) is 6.58. The lowest BCUT2D eigenvalue weighted by Crippen LogP contribution is -2.60. The van der Waals surface area contributed by atoms with Gasteiger partial charge in [0.1, 0.15) is 6.07 Å². The van der Waals surface area contributed by atoms with Crippen molar-refractivity contribution < 1.29 is 9.53 Å². The molecule has 1 aromatic carbocycles. The number of morpholine rings is 1. The molecule has 154 valence electrons. The Morgan fingerprint density at radius 1 is 1.31 bits per heavy atom. The number of aromatic nitrogens is 1. The van der Waals surface area contributed by atoms with Crippen LogP contribution in [0.5, 0.6) is 0 Å². The standard InChI is InChI=1S/C21H25N5O2.ClH/c1-14-10-25(13-19(28-14)21(27)26-11-15(12-26)9-23-2)18-6-5-16(8-22)20-17(18)4-3-7-24-20;/h3-7,14-15,19,23H,9-13H2,1-2H3;1H/t14-,19-;/m1./s1. The van der Waals surface area contributed by atoms with Crippen molar-refractivity contribution in [2.24, 2.45) is 5.92 Å². The summed E-state index contributed by atoms with van der Waals surface area (Å²) in [6.07, 6.45) is 1.17. The van der Waals surface area contributed by atoms with Crippen molar-refractivity contribution in [3.63, 3.8) is 0 Å². The van der Waals surface area contributed by atoms with Gasteiger partial charge in [-0.3, -0.25) is 9.78 Å². The zero-order valence-electron chi connectivity index (χ0n) is 16.7. The maximum atomic E-state index is 12.9. The fraction of sp³-hybridized carbons (Fsp3) is 0.476. The first kappa shape index (κ1) is 21.3. The highest BCUT2D eigenvalue weighted by Gasteiger charge is 2.38. The summed E-state index contributed by atoms with van der Waals surface area (Å²) in [5.74, 6) is 0.597. The van der Waals surface area contributed by atoms with Crippen LogP contribution in [0.4, 0.5) is 5.69 Å². The fourth-order valence-corrected chi connectivity index (χ4v) is 4.18. The molecular formula is C21H26ClN5O2. The maximum absolute atomic E-state index is 12.9. The Hall–Kier alpha value is -2.40. The number of nitrogens with zero attached hydrogens (tertiary/aromatic N) is 4. The van der Waals surface area contributed by atoms with Gasteiger partial charge in [-0.2, -0.15) is 5.26 Å². The fourth-order valence-electron chi connectivity index (χ4n) is 4.18. The van der Waals surface area contributed by atoms with Gasteiger partial charge in [0.05, 0.1) is 23.7 Å². The van der Waals surface area contributed by atoms with Gasteiger partial charge in [-0.15, -0.1) is 12.4 Å². The summed E-state index contributed by atoms with van der Waals surface area (Å²) in [5.41, 5.74) is 2.25. The Morgan fingerprint density at radius 2 is 2.10 bits per heavy atom. The number of nitrogens with one attached hydrogen (secondary N) is 1. The first-order chi connectivity index (χ1) is 13.6. The third-order valence-electron chi connectivity index (χ3n) is 5.51. The predicted molar refractivity (Wildman–Crippen MR) is 114 cm³/mol. The lowest BCUT2D eigenvalue weighted by molar-refractivity contribution is -0.154. The number of benzene rings is 1. The number of carbonyl (C=O) groups is 1. The molecule has 2 saturated heterocycles. The number of anilines is 1. The normalized spacial score (nSPS) is 22.0. The minimum absolute atomic E-state index is 0. The number of rotatable bonds is 4.